The maximum atomic E-state index is 12.8. The predicted molar refractivity (Wildman–Crippen MR) is 77.7 cm³/mol. The van der Waals surface area contributed by atoms with Crippen LogP contribution in [0, 0.1) is 0 Å². The number of carbonyl (C=O) groups excluding carboxylic acids is 1. The summed E-state index contributed by atoms with van der Waals surface area (Å²) in [4.78, 5) is 14.9. The normalized spacial score (nSPS) is 29.0. The van der Waals surface area contributed by atoms with E-state index in [4.69, 9.17) is 4.74 Å². The Hall–Kier alpha value is -1.92. The number of alkyl halides is 3. The molecule has 1 amide bonds. The van der Waals surface area contributed by atoms with Crippen molar-refractivity contribution in [3.63, 3.8) is 0 Å². The zero-order valence-corrected chi connectivity index (χ0v) is 12.7. The van der Waals surface area contributed by atoms with Crippen molar-refractivity contribution in [2.45, 2.75) is 31.0 Å². The van der Waals surface area contributed by atoms with Gasteiger partial charge in [0.1, 0.15) is 12.4 Å². The number of hydrogen-bond donors (Lipinski definition) is 0. The highest BCUT2D eigenvalue weighted by Crippen LogP contribution is 2.53. The van der Waals surface area contributed by atoms with Crippen LogP contribution in [0.25, 0.3) is 0 Å². The van der Waals surface area contributed by atoms with Gasteiger partial charge in [-0.2, -0.15) is 13.2 Å². The zero-order valence-electron chi connectivity index (χ0n) is 12.7. The summed E-state index contributed by atoms with van der Waals surface area (Å²) in [6, 6.07) is 5.82. The molecule has 7 heteroatoms. The van der Waals surface area contributed by atoms with Crippen LogP contribution in [0.5, 0.6) is 5.75 Å². The van der Waals surface area contributed by atoms with Gasteiger partial charge >= 0.3 is 12.1 Å². The van der Waals surface area contributed by atoms with Crippen LogP contribution in [0.3, 0.4) is 0 Å². The molecule has 124 valence electrons. The van der Waals surface area contributed by atoms with Gasteiger partial charge in [-0.25, -0.2) is 0 Å². The molecule has 1 aromatic carbocycles. The lowest BCUT2D eigenvalue weighted by atomic mass is 9.74. The first-order valence-electron chi connectivity index (χ1n) is 7.71. The summed E-state index contributed by atoms with van der Waals surface area (Å²) < 4.78 is 44.1. The molecule has 3 aliphatic rings. The summed E-state index contributed by atoms with van der Waals surface area (Å²) in [5, 5.41) is 0. The van der Waals surface area contributed by atoms with Crippen LogP contribution in [0.15, 0.2) is 18.2 Å². The van der Waals surface area contributed by atoms with Crippen molar-refractivity contribution in [2.75, 3.05) is 31.1 Å². The Labute approximate surface area is 131 Å². The summed E-state index contributed by atoms with van der Waals surface area (Å²) in [5.41, 5.74) is 1.48. The molecule has 4 nitrogen and oxygen atoms in total. The van der Waals surface area contributed by atoms with Gasteiger partial charge in [0.25, 0.3) is 0 Å². The van der Waals surface area contributed by atoms with Gasteiger partial charge in [-0.3, -0.25) is 4.79 Å². The van der Waals surface area contributed by atoms with E-state index >= 15 is 0 Å². The molecule has 0 aromatic heterocycles. The lowest BCUT2D eigenvalue weighted by Gasteiger charge is -2.45. The molecule has 1 saturated heterocycles. The first-order valence-corrected chi connectivity index (χ1v) is 7.71. The van der Waals surface area contributed by atoms with Gasteiger partial charge in [0.2, 0.25) is 0 Å². The number of likely N-dealkylation sites (tertiary alicyclic amines) is 1. The van der Waals surface area contributed by atoms with E-state index in [1.165, 1.54) is 0 Å². The smallest absolute Gasteiger partial charge is 0.471 e. The Morgan fingerprint density at radius 1 is 1.35 bits per heavy atom. The summed E-state index contributed by atoms with van der Waals surface area (Å²) in [6.07, 6.45) is -4.28. The molecule has 0 aliphatic carbocycles. The average Bonchev–Trinajstić information content (AvgIpc) is 2.77. The molecule has 0 saturated carbocycles. The number of hydrogen-bond acceptors (Lipinski definition) is 3. The van der Waals surface area contributed by atoms with Crippen LogP contribution in [0.2, 0.25) is 0 Å². The molecular weight excluding hydrogens is 309 g/mol. The molecule has 23 heavy (non-hydrogen) atoms. The number of carbonyl (C=O) groups is 1. The van der Waals surface area contributed by atoms with Crippen LogP contribution in [0.1, 0.15) is 18.9 Å². The molecule has 0 bridgehead atoms. The Bertz CT molecular complexity index is 676. The van der Waals surface area contributed by atoms with E-state index in [1.807, 2.05) is 25.1 Å². The van der Waals surface area contributed by atoms with Crippen LogP contribution >= 0.6 is 0 Å². The molecule has 0 N–H and O–H groups in total. The molecule has 2 atom stereocenters. The van der Waals surface area contributed by atoms with Gasteiger partial charge in [0.05, 0.1) is 12.2 Å². The second-order valence-corrected chi connectivity index (χ2v) is 6.64. The number of nitrogens with zero attached hydrogens (tertiary/aromatic N) is 2. The standard InChI is InChI=1S/C16H17F3N2O2/c1-15-9-20(14(22)16(17,18)19)6-5-12(15)21-7-8-23-11-4-2-3-10(15)13(11)21/h2-4,12H,5-9H2,1H3. The zero-order chi connectivity index (χ0) is 16.4. The second-order valence-electron chi connectivity index (χ2n) is 6.64. The third kappa shape index (κ3) is 1.95. The van der Waals surface area contributed by atoms with E-state index in [2.05, 4.69) is 4.90 Å². The molecular formula is C16H17F3N2O2. The van der Waals surface area contributed by atoms with Crippen molar-refractivity contribution >= 4 is 11.6 Å². The number of rotatable bonds is 0. The summed E-state index contributed by atoms with van der Waals surface area (Å²) >= 11 is 0. The van der Waals surface area contributed by atoms with E-state index in [-0.39, 0.29) is 19.1 Å². The topological polar surface area (TPSA) is 32.8 Å². The highest BCUT2D eigenvalue weighted by atomic mass is 19.4. The Balaban J connectivity index is 1.74. The highest BCUT2D eigenvalue weighted by Gasteiger charge is 2.55. The van der Waals surface area contributed by atoms with Crippen molar-refractivity contribution < 1.29 is 22.7 Å². The Morgan fingerprint density at radius 3 is 2.87 bits per heavy atom. The molecule has 2 unspecified atom stereocenters. The van der Waals surface area contributed by atoms with Gasteiger partial charge < -0.3 is 14.5 Å². The number of para-hydroxylation sites is 1. The van der Waals surface area contributed by atoms with E-state index in [9.17, 15) is 18.0 Å². The fourth-order valence-corrected chi connectivity index (χ4v) is 4.37. The molecule has 0 radical (unpaired) electrons. The largest absolute Gasteiger partial charge is 0.490 e. The lowest BCUT2D eigenvalue weighted by molar-refractivity contribution is -0.187. The van der Waals surface area contributed by atoms with Crippen LogP contribution < -0.4 is 9.64 Å². The summed E-state index contributed by atoms with van der Waals surface area (Å²) in [5.74, 6) is -0.947. The number of halogens is 3. The highest BCUT2D eigenvalue weighted by molar-refractivity contribution is 5.83. The molecule has 3 heterocycles. The van der Waals surface area contributed by atoms with E-state index < -0.39 is 17.5 Å². The Morgan fingerprint density at radius 2 is 2.13 bits per heavy atom. The first kappa shape index (κ1) is 14.7. The number of ether oxygens (including phenoxy) is 1. The van der Waals surface area contributed by atoms with Crippen molar-refractivity contribution in [2.24, 2.45) is 0 Å². The third-order valence-corrected chi connectivity index (χ3v) is 5.32. The fourth-order valence-electron chi connectivity index (χ4n) is 4.37. The minimum Gasteiger partial charge on any atom is -0.490 e. The monoisotopic (exact) mass is 326 g/mol. The average molecular weight is 326 g/mol. The lowest BCUT2D eigenvalue weighted by Crippen LogP contribution is -2.59. The van der Waals surface area contributed by atoms with Crippen molar-refractivity contribution in [3.8, 4) is 5.75 Å². The fraction of sp³-hybridized carbons (Fsp3) is 0.562. The maximum Gasteiger partial charge on any atom is 0.471 e. The number of piperidine rings is 1. The number of fused-ring (bicyclic) bond motifs is 3. The van der Waals surface area contributed by atoms with Crippen LogP contribution in [0.4, 0.5) is 18.9 Å². The summed E-state index contributed by atoms with van der Waals surface area (Å²) in [6.45, 7) is 3.50. The molecule has 3 aliphatic heterocycles. The van der Waals surface area contributed by atoms with Gasteiger partial charge in [-0.15, -0.1) is 0 Å². The van der Waals surface area contributed by atoms with Gasteiger partial charge in [0, 0.05) is 24.5 Å². The van der Waals surface area contributed by atoms with E-state index in [1.54, 1.807) is 0 Å². The quantitative estimate of drug-likeness (QED) is 0.733. The molecule has 4 rings (SSSR count). The van der Waals surface area contributed by atoms with E-state index in [0.717, 1.165) is 28.4 Å². The van der Waals surface area contributed by atoms with Crippen molar-refractivity contribution in [1.82, 2.24) is 4.90 Å². The Kier molecular flexibility index (Phi) is 2.90. The van der Waals surface area contributed by atoms with Gasteiger partial charge in [-0.05, 0) is 18.1 Å². The minimum absolute atomic E-state index is 0.0863. The second kappa shape index (κ2) is 4.55. The van der Waals surface area contributed by atoms with Crippen molar-refractivity contribution in [3.05, 3.63) is 23.8 Å². The third-order valence-electron chi connectivity index (χ3n) is 5.32. The van der Waals surface area contributed by atoms with Crippen LogP contribution in [-0.2, 0) is 10.2 Å². The van der Waals surface area contributed by atoms with E-state index in [0.29, 0.717) is 13.0 Å². The number of anilines is 1. The molecule has 0 spiro atoms. The number of amides is 1. The SMILES string of the molecule is CC12CN(C(=O)C(F)(F)F)CCC1N1CCOc3cccc2c31. The van der Waals surface area contributed by atoms with Gasteiger partial charge in [0.15, 0.2) is 0 Å². The number of benzene rings is 1. The minimum atomic E-state index is -4.82. The molecule has 1 fully saturated rings. The van der Waals surface area contributed by atoms with Crippen LogP contribution in [-0.4, -0.2) is 49.3 Å². The van der Waals surface area contributed by atoms with Gasteiger partial charge in [-0.1, -0.05) is 19.1 Å². The molecule has 1 aromatic rings. The predicted octanol–water partition coefficient (Wildman–Crippen LogP) is 2.32. The summed E-state index contributed by atoms with van der Waals surface area (Å²) in [7, 11) is 0. The maximum absolute atomic E-state index is 12.8. The first-order chi connectivity index (χ1) is 10.8. The van der Waals surface area contributed by atoms with Crippen molar-refractivity contribution in [1.29, 1.82) is 0 Å².